The van der Waals surface area contributed by atoms with Gasteiger partial charge in [-0.2, -0.15) is 0 Å². The maximum absolute atomic E-state index is 13.1. The normalized spacial score (nSPS) is 11.5. The van der Waals surface area contributed by atoms with Gasteiger partial charge in [-0.25, -0.2) is 14.1 Å². The third-order valence-corrected chi connectivity index (χ3v) is 4.42. The summed E-state index contributed by atoms with van der Waals surface area (Å²) in [6, 6.07) is 10.3. The van der Waals surface area contributed by atoms with E-state index in [0.717, 1.165) is 28.6 Å². The van der Waals surface area contributed by atoms with E-state index in [2.05, 4.69) is 25.3 Å². The zero-order valence-electron chi connectivity index (χ0n) is 16.6. The van der Waals surface area contributed by atoms with E-state index in [1.807, 2.05) is 0 Å². The Bertz CT molecular complexity index is 1350. The largest absolute Gasteiger partial charge is 0.573 e. The van der Waals surface area contributed by atoms with Crippen LogP contribution in [0.4, 0.5) is 23.2 Å². The van der Waals surface area contributed by atoms with Gasteiger partial charge in [0, 0.05) is 5.69 Å². The summed E-state index contributed by atoms with van der Waals surface area (Å²) >= 11 is 0. The number of hydrogen-bond acceptors (Lipinski definition) is 6. The minimum absolute atomic E-state index is 0.0546. The van der Waals surface area contributed by atoms with Crippen LogP contribution in [-0.2, 0) is 17.9 Å². The van der Waals surface area contributed by atoms with E-state index in [0.29, 0.717) is 0 Å². The molecule has 0 atom stereocenters. The second-order valence-corrected chi connectivity index (χ2v) is 6.84. The van der Waals surface area contributed by atoms with Gasteiger partial charge in [0.2, 0.25) is 5.91 Å². The van der Waals surface area contributed by atoms with Gasteiger partial charge >= 0.3 is 6.36 Å². The fourth-order valence-electron chi connectivity index (χ4n) is 2.96. The first-order valence-corrected chi connectivity index (χ1v) is 9.37. The van der Waals surface area contributed by atoms with E-state index in [9.17, 15) is 27.2 Å². The molecule has 2 heterocycles. The highest BCUT2D eigenvalue weighted by atomic mass is 19.4. The molecule has 4 aromatic rings. The topological polar surface area (TPSA) is 104 Å². The van der Waals surface area contributed by atoms with Gasteiger partial charge in [0.1, 0.15) is 24.4 Å². The fourth-order valence-corrected chi connectivity index (χ4v) is 2.96. The van der Waals surface area contributed by atoms with Gasteiger partial charge in [0.05, 0.1) is 6.54 Å². The summed E-state index contributed by atoms with van der Waals surface area (Å²) in [6.45, 7) is -0.199. The first-order valence-electron chi connectivity index (χ1n) is 9.37. The molecule has 170 valence electrons. The lowest BCUT2D eigenvalue weighted by molar-refractivity contribution is -0.274. The highest BCUT2D eigenvalue weighted by Gasteiger charge is 2.31. The Morgan fingerprint density at radius 1 is 1.06 bits per heavy atom. The Morgan fingerprint density at radius 3 is 2.42 bits per heavy atom. The summed E-state index contributed by atoms with van der Waals surface area (Å²) in [5.41, 5.74) is 0.471. The number of fused-ring (bicyclic) bond motifs is 1. The molecule has 1 N–H and O–H groups in total. The van der Waals surface area contributed by atoms with E-state index < -0.39 is 30.1 Å². The van der Waals surface area contributed by atoms with Crippen LogP contribution in [0.1, 0.15) is 5.56 Å². The van der Waals surface area contributed by atoms with Crippen molar-refractivity contribution in [1.29, 1.82) is 0 Å². The van der Waals surface area contributed by atoms with E-state index >= 15 is 0 Å². The van der Waals surface area contributed by atoms with Crippen molar-refractivity contribution in [3.05, 3.63) is 76.6 Å². The molecule has 0 saturated heterocycles. The Kier molecular flexibility index (Phi) is 5.77. The molecule has 0 fully saturated rings. The van der Waals surface area contributed by atoms with Gasteiger partial charge in [0.25, 0.3) is 5.56 Å². The Morgan fingerprint density at radius 2 is 1.76 bits per heavy atom. The third-order valence-electron chi connectivity index (χ3n) is 4.42. The molecule has 2 aromatic heterocycles. The molecular formula is C20H14F4N6O3. The molecule has 0 aliphatic heterocycles. The van der Waals surface area contributed by atoms with Gasteiger partial charge < -0.3 is 10.1 Å². The molecule has 0 aliphatic rings. The first kappa shape index (κ1) is 21.9. The highest BCUT2D eigenvalue weighted by Crippen LogP contribution is 2.23. The third kappa shape index (κ3) is 5.31. The van der Waals surface area contributed by atoms with Crippen molar-refractivity contribution >= 4 is 22.8 Å². The van der Waals surface area contributed by atoms with Gasteiger partial charge in [-0.15, -0.1) is 18.3 Å². The highest BCUT2D eigenvalue weighted by molar-refractivity contribution is 5.90. The number of nitrogens with zero attached hydrogens (tertiary/aromatic N) is 5. The smallest absolute Gasteiger partial charge is 0.406 e. The Labute approximate surface area is 182 Å². The van der Waals surface area contributed by atoms with E-state index in [-0.39, 0.29) is 29.2 Å². The van der Waals surface area contributed by atoms with Crippen LogP contribution in [0.15, 0.2) is 59.7 Å². The van der Waals surface area contributed by atoms with Crippen molar-refractivity contribution in [1.82, 2.24) is 24.5 Å². The lowest BCUT2D eigenvalue weighted by Gasteiger charge is -2.10. The predicted molar refractivity (Wildman–Crippen MR) is 107 cm³/mol. The number of nitrogens with one attached hydrogen (secondary N) is 1. The number of benzene rings is 2. The summed E-state index contributed by atoms with van der Waals surface area (Å²) in [7, 11) is 0. The van der Waals surface area contributed by atoms with Gasteiger partial charge in [-0.3, -0.25) is 14.2 Å². The summed E-state index contributed by atoms with van der Waals surface area (Å²) in [5, 5.41) is 10.2. The zero-order valence-corrected chi connectivity index (χ0v) is 16.6. The minimum Gasteiger partial charge on any atom is -0.406 e. The average Bonchev–Trinajstić information content (AvgIpc) is 3.15. The maximum atomic E-state index is 13.1. The molecule has 0 spiro atoms. The first-order chi connectivity index (χ1) is 15.7. The second-order valence-electron chi connectivity index (χ2n) is 6.84. The van der Waals surface area contributed by atoms with Crippen molar-refractivity contribution in [3.63, 3.8) is 0 Å². The standard InChI is InChI=1S/C20H14F4N6O3/c21-13-3-1-12(2-4-13)9-30-18-17(27-28-30)19(32)29(11-25-18)10-16(31)26-14-5-7-15(8-6-14)33-20(22,23)24/h1-8,11H,9-10H2,(H,26,31). The van der Waals surface area contributed by atoms with E-state index in [1.54, 1.807) is 12.1 Å². The fraction of sp³-hybridized carbons (Fsp3) is 0.150. The zero-order chi connectivity index (χ0) is 23.6. The summed E-state index contributed by atoms with van der Waals surface area (Å²) in [4.78, 5) is 29.1. The molecule has 0 saturated carbocycles. The number of rotatable bonds is 6. The van der Waals surface area contributed by atoms with E-state index in [1.165, 1.54) is 28.9 Å². The minimum atomic E-state index is -4.82. The molecule has 0 aliphatic carbocycles. The van der Waals surface area contributed by atoms with Gasteiger partial charge in [-0.1, -0.05) is 17.3 Å². The quantitative estimate of drug-likeness (QED) is 0.442. The molecule has 13 heteroatoms. The molecular weight excluding hydrogens is 448 g/mol. The second kappa shape index (κ2) is 8.68. The number of alkyl halides is 3. The summed E-state index contributed by atoms with van der Waals surface area (Å²) in [5.74, 6) is -1.43. The van der Waals surface area contributed by atoms with Crippen molar-refractivity contribution in [2.75, 3.05) is 5.32 Å². The van der Waals surface area contributed by atoms with Crippen LogP contribution in [-0.4, -0.2) is 36.8 Å². The van der Waals surface area contributed by atoms with Crippen molar-refractivity contribution < 1.29 is 27.1 Å². The van der Waals surface area contributed by atoms with Crippen LogP contribution in [0.2, 0.25) is 0 Å². The molecule has 0 radical (unpaired) electrons. The molecule has 9 nitrogen and oxygen atoms in total. The van der Waals surface area contributed by atoms with Crippen molar-refractivity contribution in [3.8, 4) is 5.75 Å². The SMILES string of the molecule is O=C(Cn1cnc2c(nnn2Cc2ccc(F)cc2)c1=O)Nc1ccc(OC(F)(F)F)cc1. The summed E-state index contributed by atoms with van der Waals surface area (Å²) in [6.07, 6.45) is -3.66. The molecule has 0 bridgehead atoms. The molecule has 4 rings (SSSR count). The molecule has 1 amide bonds. The molecule has 33 heavy (non-hydrogen) atoms. The van der Waals surface area contributed by atoms with Crippen LogP contribution >= 0.6 is 0 Å². The number of hydrogen-bond donors (Lipinski definition) is 1. The Hall–Kier alpha value is -4.29. The average molecular weight is 462 g/mol. The predicted octanol–water partition coefficient (Wildman–Crippen LogP) is 2.71. The number of carbonyl (C=O) groups excluding carboxylic acids is 1. The van der Waals surface area contributed by atoms with E-state index in [4.69, 9.17) is 0 Å². The lowest BCUT2D eigenvalue weighted by atomic mass is 10.2. The van der Waals surface area contributed by atoms with Crippen LogP contribution in [0.25, 0.3) is 11.2 Å². The number of aromatic nitrogens is 5. The van der Waals surface area contributed by atoms with Gasteiger partial charge in [0.15, 0.2) is 11.2 Å². The summed E-state index contributed by atoms with van der Waals surface area (Å²) < 4.78 is 55.9. The molecule has 2 aromatic carbocycles. The maximum Gasteiger partial charge on any atom is 0.573 e. The Balaban J connectivity index is 1.45. The van der Waals surface area contributed by atoms with Crippen LogP contribution in [0.3, 0.4) is 0 Å². The van der Waals surface area contributed by atoms with Crippen molar-refractivity contribution in [2.45, 2.75) is 19.5 Å². The number of amides is 1. The number of anilines is 1. The lowest BCUT2D eigenvalue weighted by Crippen LogP contribution is -2.28. The van der Waals surface area contributed by atoms with Crippen molar-refractivity contribution in [2.24, 2.45) is 0 Å². The van der Waals surface area contributed by atoms with Crippen LogP contribution < -0.4 is 15.6 Å². The van der Waals surface area contributed by atoms with Crippen LogP contribution in [0.5, 0.6) is 5.75 Å². The van der Waals surface area contributed by atoms with Gasteiger partial charge in [-0.05, 0) is 42.0 Å². The number of ether oxygens (including phenoxy) is 1. The molecule has 0 unspecified atom stereocenters. The number of carbonyl (C=O) groups is 1. The van der Waals surface area contributed by atoms with Crippen LogP contribution in [0, 0.1) is 5.82 Å². The monoisotopic (exact) mass is 462 g/mol. The number of halogens is 4.